The lowest BCUT2D eigenvalue weighted by molar-refractivity contribution is -0.0192. The first-order chi connectivity index (χ1) is 16.0. The van der Waals surface area contributed by atoms with Crippen molar-refractivity contribution in [3.63, 3.8) is 0 Å². The Morgan fingerprint density at radius 1 is 1.12 bits per heavy atom. The van der Waals surface area contributed by atoms with Crippen molar-refractivity contribution < 1.29 is 14.0 Å². The fourth-order valence-electron chi connectivity index (χ4n) is 4.02. The smallest absolute Gasteiger partial charge is 0.263 e. The summed E-state index contributed by atoms with van der Waals surface area (Å²) >= 11 is 0. The van der Waals surface area contributed by atoms with Crippen LogP contribution in [0.25, 0.3) is 5.70 Å². The number of aromatic nitrogens is 3. The molecule has 0 amide bonds. The Balaban J connectivity index is 1.39. The number of aryl methyl sites for hydroxylation is 1. The molecule has 2 fully saturated rings. The summed E-state index contributed by atoms with van der Waals surface area (Å²) in [5.74, 6) is 7.66. The third-order valence-corrected chi connectivity index (χ3v) is 6.27. The largest absolute Gasteiger partial charge is 0.489 e. The highest BCUT2D eigenvalue weighted by Crippen LogP contribution is 2.26. The molecule has 2 aliphatic carbocycles. The molecular formula is C23H35N7O3. The lowest BCUT2D eigenvalue weighted by Crippen LogP contribution is -2.32. The molecular weight excluding hydrogens is 422 g/mol. The number of nitrogens with one attached hydrogen (secondary N) is 1. The van der Waals surface area contributed by atoms with Gasteiger partial charge in [0.05, 0.1) is 41.5 Å². The zero-order valence-corrected chi connectivity index (χ0v) is 19.5. The fraction of sp³-hybridized carbons (Fsp3) is 0.609. The van der Waals surface area contributed by atoms with Gasteiger partial charge in [-0.25, -0.2) is 10.8 Å². The molecule has 2 heterocycles. The van der Waals surface area contributed by atoms with Gasteiger partial charge in [-0.3, -0.25) is 0 Å². The molecule has 2 saturated carbocycles. The second kappa shape index (κ2) is 10.8. The van der Waals surface area contributed by atoms with Crippen LogP contribution in [0, 0.1) is 6.92 Å². The van der Waals surface area contributed by atoms with Gasteiger partial charge in [-0.15, -0.1) is 0 Å². The number of hydrazine groups is 1. The molecule has 10 nitrogen and oxygen atoms in total. The zero-order valence-electron chi connectivity index (χ0n) is 19.5. The van der Waals surface area contributed by atoms with Crippen molar-refractivity contribution in [1.82, 2.24) is 20.1 Å². The highest BCUT2D eigenvalue weighted by molar-refractivity contribution is 5.64. The minimum atomic E-state index is 0.270. The second-order valence-corrected chi connectivity index (χ2v) is 8.86. The van der Waals surface area contributed by atoms with Crippen LogP contribution in [0.4, 0.5) is 5.95 Å². The van der Waals surface area contributed by atoms with Crippen molar-refractivity contribution in [2.75, 3.05) is 18.9 Å². The Morgan fingerprint density at radius 2 is 1.88 bits per heavy atom. The summed E-state index contributed by atoms with van der Waals surface area (Å²) in [7, 11) is 1.73. The standard InChI is InChI=1S/C23H35N7O3/c1-15-20(32-17-7-4-3-5-8-17)12-11-18(27-15)22(24)19(30(2)25)13-26-23-28-21(33-29-23)14-31-16-9-6-10-16/h11-12,16-17H,3-10,13-14,24-25H2,1-2H3,(H,26,29)/b22-19-. The number of pyridine rings is 1. The number of nitrogens with two attached hydrogens (primary N) is 2. The van der Waals surface area contributed by atoms with Crippen LogP contribution in [-0.4, -0.2) is 45.9 Å². The van der Waals surface area contributed by atoms with E-state index in [9.17, 15) is 0 Å². The van der Waals surface area contributed by atoms with Gasteiger partial charge in [-0.2, -0.15) is 4.98 Å². The highest BCUT2D eigenvalue weighted by Gasteiger charge is 2.20. The van der Waals surface area contributed by atoms with E-state index in [1.807, 2.05) is 19.1 Å². The summed E-state index contributed by atoms with van der Waals surface area (Å²) in [6.07, 6.45) is 9.92. The van der Waals surface area contributed by atoms with Gasteiger partial charge >= 0.3 is 0 Å². The summed E-state index contributed by atoms with van der Waals surface area (Å²) in [6, 6.07) is 3.81. The van der Waals surface area contributed by atoms with E-state index in [0.717, 1.165) is 37.1 Å². The van der Waals surface area contributed by atoms with Gasteiger partial charge in [0.1, 0.15) is 12.4 Å². The number of hydrogen-bond acceptors (Lipinski definition) is 10. The van der Waals surface area contributed by atoms with Gasteiger partial charge in [0.2, 0.25) is 0 Å². The van der Waals surface area contributed by atoms with Gasteiger partial charge in [-0.1, -0.05) is 6.42 Å². The van der Waals surface area contributed by atoms with Crippen LogP contribution in [0.2, 0.25) is 0 Å². The average Bonchev–Trinajstić information content (AvgIpc) is 3.22. The molecule has 10 heteroatoms. The summed E-state index contributed by atoms with van der Waals surface area (Å²) < 4.78 is 17.1. The normalized spacial score (nSPS) is 17.9. The number of hydrogen-bond donors (Lipinski definition) is 3. The summed E-state index contributed by atoms with van der Waals surface area (Å²) in [4.78, 5) is 8.99. The number of ether oxygens (including phenoxy) is 2. The van der Waals surface area contributed by atoms with Crippen molar-refractivity contribution >= 4 is 11.6 Å². The molecule has 0 radical (unpaired) electrons. The van der Waals surface area contributed by atoms with E-state index in [4.69, 9.17) is 25.6 Å². The zero-order chi connectivity index (χ0) is 23.2. The molecule has 0 spiro atoms. The first-order valence-corrected chi connectivity index (χ1v) is 11.8. The van der Waals surface area contributed by atoms with Crippen LogP contribution in [0.3, 0.4) is 0 Å². The van der Waals surface area contributed by atoms with Crippen molar-refractivity contribution in [3.05, 3.63) is 35.1 Å². The molecule has 2 aromatic heterocycles. The predicted molar refractivity (Wildman–Crippen MR) is 125 cm³/mol. The molecule has 4 rings (SSSR count). The first-order valence-electron chi connectivity index (χ1n) is 11.8. The minimum absolute atomic E-state index is 0.270. The van der Waals surface area contributed by atoms with E-state index < -0.39 is 0 Å². The maximum atomic E-state index is 6.45. The Labute approximate surface area is 194 Å². The van der Waals surface area contributed by atoms with Crippen LogP contribution in [-0.2, 0) is 11.3 Å². The predicted octanol–water partition coefficient (Wildman–Crippen LogP) is 3.10. The molecule has 180 valence electrons. The molecule has 0 atom stereocenters. The van der Waals surface area contributed by atoms with Gasteiger partial charge in [0.15, 0.2) is 0 Å². The highest BCUT2D eigenvalue weighted by atomic mass is 16.5. The Kier molecular flexibility index (Phi) is 7.66. The van der Waals surface area contributed by atoms with E-state index in [2.05, 4.69) is 20.4 Å². The fourth-order valence-corrected chi connectivity index (χ4v) is 4.02. The second-order valence-electron chi connectivity index (χ2n) is 8.86. The number of likely N-dealkylation sites (N-methyl/N-ethyl adjacent to an activating group) is 1. The van der Waals surface area contributed by atoms with E-state index in [0.29, 0.717) is 48.2 Å². The number of rotatable bonds is 10. The van der Waals surface area contributed by atoms with Gasteiger partial charge in [-0.05, 0) is 69.2 Å². The van der Waals surface area contributed by atoms with Crippen LogP contribution in [0.15, 0.2) is 22.4 Å². The van der Waals surface area contributed by atoms with Crippen LogP contribution in [0.5, 0.6) is 5.75 Å². The number of nitrogens with zero attached hydrogens (tertiary/aromatic N) is 4. The summed E-state index contributed by atoms with van der Waals surface area (Å²) in [5, 5.41) is 8.52. The monoisotopic (exact) mass is 457 g/mol. The van der Waals surface area contributed by atoms with Crippen molar-refractivity contribution in [2.24, 2.45) is 11.6 Å². The van der Waals surface area contributed by atoms with E-state index in [1.165, 1.54) is 30.7 Å². The van der Waals surface area contributed by atoms with Crippen molar-refractivity contribution in [3.8, 4) is 5.75 Å². The molecule has 0 unspecified atom stereocenters. The maximum Gasteiger partial charge on any atom is 0.263 e. The van der Waals surface area contributed by atoms with E-state index >= 15 is 0 Å². The van der Waals surface area contributed by atoms with Gasteiger partial charge in [0.25, 0.3) is 11.8 Å². The third-order valence-electron chi connectivity index (χ3n) is 6.27. The quantitative estimate of drug-likeness (QED) is 0.360. The molecule has 2 aliphatic rings. The average molecular weight is 458 g/mol. The molecule has 33 heavy (non-hydrogen) atoms. The Morgan fingerprint density at radius 3 is 2.55 bits per heavy atom. The maximum absolute atomic E-state index is 6.45. The van der Waals surface area contributed by atoms with Crippen molar-refractivity contribution in [1.29, 1.82) is 0 Å². The summed E-state index contributed by atoms with van der Waals surface area (Å²) in [6.45, 7) is 2.56. The molecule has 0 bridgehead atoms. The Bertz CT molecular complexity index is 949. The third kappa shape index (κ3) is 6.14. The van der Waals surface area contributed by atoms with Crippen molar-refractivity contribution in [2.45, 2.75) is 77.1 Å². The first kappa shape index (κ1) is 23.3. The Hall–Kier alpha value is -2.85. The molecule has 0 saturated heterocycles. The van der Waals surface area contributed by atoms with E-state index in [-0.39, 0.29) is 6.10 Å². The van der Waals surface area contributed by atoms with Crippen LogP contribution in [0.1, 0.15) is 68.6 Å². The number of anilines is 1. The minimum Gasteiger partial charge on any atom is -0.489 e. The van der Waals surface area contributed by atoms with Crippen LogP contribution >= 0.6 is 0 Å². The molecule has 0 aromatic carbocycles. The van der Waals surface area contributed by atoms with Crippen LogP contribution < -0.4 is 21.6 Å². The van der Waals surface area contributed by atoms with Gasteiger partial charge in [0, 0.05) is 7.05 Å². The lowest BCUT2D eigenvalue weighted by atomic mass is 9.96. The van der Waals surface area contributed by atoms with Gasteiger partial charge < -0.3 is 30.1 Å². The SMILES string of the molecule is Cc1nc(/C(N)=C(\CNc2noc(COC3CCC3)n2)N(C)N)ccc1OC1CCCCC1. The molecule has 2 aromatic rings. The molecule has 5 N–H and O–H groups in total. The topological polar surface area (TPSA) is 138 Å². The lowest BCUT2D eigenvalue weighted by Gasteiger charge is -2.24. The van der Waals surface area contributed by atoms with E-state index in [1.54, 1.807) is 7.05 Å². The summed E-state index contributed by atoms with van der Waals surface area (Å²) in [5.41, 5.74) is 9.01. The molecule has 0 aliphatic heterocycles.